The predicted molar refractivity (Wildman–Crippen MR) is 86.9 cm³/mol. The van der Waals surface area contributed by atoms with Gasteiger partial charge >= 0.3 is 0 Å². The summed E-state index contributed by atoms with van der Waals surface area (Å²) in [6.45, 7) is 0.869. The lowest BCUT2D eigenvalue weighted by Crippen LogP contribution is -2.11. The molecule has 0 heterocycles. The van der Waals surface area contributed by atoms with Crippen LogP contribution in [0.2, 0.25) is 5.02 Å². The van der Waals surface area contributed by atoms with Gasteiger partial charge in [0.1, 0.15) is 5.75 Å². The molecular weight excluding hydrogens is 284 g/mol. The van der Waals surface area contributed by atoms with Gasteiger partial charge in [-0.05, 0) is 55.0 Å². The minimum Gasteiger partial charge on any atom is -0.494 e. The van der Waals surface area contributed by atoms with Gasteiger partial charge in [-0.2, -0.15) is 0 Å². The second-order valence-electron chi connectivity index (χ2n) is 5.19. The highest BCUT2D eigenvalue weighted by Crippen LogP contribution is 2.18. The standard InChI is InChI=1S/C18H21ClO2/c19-17-8-4-6-15(13-17)12-16(14-20)7-5-11-21-18-9-2-1-3-10-18/h1-4,6,8-10,13,16,20H,5,7,11-12,14H2. The van der Waals surface area contributed by atoms with Crippen molar-refractivity contribution >= 4 is 11.6 Å². The van der Waals surface area contributed by atoms with Crippen molar-refractivity contribution in [1.82, 2.24) is 0 Å². The van der Waals surface area contributed by atoms with Gasteiger partial charge in [0.15, 0.2) is 0 Å². The van der Waals surface area contributed by atoms with E-state index in [9.17, 15) is 5.11 Å². The molecule has 0 bridgehead atoms. The van der Waals surface area contributed by atoms with Crippen LogP contribution in [0.25, 0.3) is 0 Å². The first-order valence-electron chi connectivity index (χ1n) is 7.31. The van der Waals surface area contributed by atoms with E-state index in [0.717, 1.165) is 30.0 Å². The average Bonchev–Trinajstić information content (AvgIpc) is 2.51. The third-order valence-electron chi connectivity index (χ3n) is 3.44. The third kappa shape index (κ3) is 5.78. The molecule has 0 amide bonds. The molecule has 0 radical (unpaired) electrons. The van der Waals surface area contributed by atoms with E-state index in [2.05, 4.69) is 6.07 Å². The number of benzene rings is 2. The van der Waals surface area contributed by atoms with Crippen molar-refractivity contribution in [3.8, 4) is 5.75 Å². The Morgan fingerprint density at radius 1 is 1.05 bits per heavy atom. The Hall–Kier alpha value is -1.51. The van der Waals surface area contributed by atoms with Crippen LogP contribution in [-0.4, -0.2) is 18.3 Å². The van der Waals surface area contributed by atoms with Crippen LogP contribution in [0.4, 0.5) is 0 Å². The van der Waals surface area contributed by atoms with E-state index in [-0.39, 0.29) is 12.5 Å². The minimum atomic E-state index is 0.192. The number of ether oxygens (including phenoxy) is 1. The molecule has 112 valence electrons. The van der Waals surface area contributed by atoms with Gasteiger partial charge < -0.3 is 9.84 Å². The molecule has 2 aromatic carbocycles. The van der Waals surface area contributed by atoms with Crippen LogP contribution in [0.5, 0.6) is 5.75 Å². The third-order valence-corrected chi connectivity index (χ3v) is 3.68. The number of para-hydroxylation sites is 1. The Balaban J connectivity index is 1.72. The molecule has 0 saturated carbocycles. The number of aliphatic hydroxyl groups excluding tert-OH is 1. The SMILES string of the molecule is OCC(CCCOc1ccccc1)Cc1cccc(Cl)c1. The fourth-order valence-electron chi connectivity index (χ4n) is 2.33. The van der Waals surface area contributed by atoms with Gasteiger partial charge in [-0.1, -0.05) is 41.9 Å². The molecule has 1 atom stereocenters. The summed E-state index contributed by atoms with van der Waals surface area (Å²) < 4.78 is 5.67. The van der Waals surface area contributed by atoms with Crippen LogP contribution in [0, 0.1) is 5.92 Å². The largest absolute Gasteiger partial charge is 0.494 e. The first-order chi connectivity index (χ1) is 10.3. The highest BCUT2D eigenvalue weighted by Gasteiger charge is 2.09. The molecule has 2 nitrogen and oxygen atoms in total. The molecule has 2 rings (SSSR count). The monoisotopic (exact) mass is 304 g/mol. The summed E-state index contributed by atoms with van der Waals surface area (Å²) in [7, 11) is 0. The zero-order valence-electron chi connectivity index (χ0n) is 12.0. The van der Waals surface area contributed by atoms with E-state index in [0.29, 0.717) is 6.61 Å². The van der Waals surface area contributed by atoms with Gasteiger partial charge in [0.05, 0.1) is 6.61 Å². The summed E-state index contributed by atoms with van der Waals surface area (Å²) in [5.41, 5.74) is 1.17. The Morgan fingerprint density at radius 2 is 1.86 bits per heavy atom. The summed E-state index contributed by atoms with van der Waals surface area (Å²) in [6, 6.07) is 17.6. The molecule has 0 aromatic heterocycles. The molecule has 1 N–H and O–H groups in total. The number of hydrogen-bond donors (Lipinski definition) is 1. The molecule has 3 heteroatoms. The van der Waals surface area contributed by atoms with Crippen molar-refractivity contribution in [1.29, 1.82) is 0 Å². The number of hydrogen-bond acceptors (Lipinski definition) is 2. The van der Waals surface area contributed by atoms with Crippen LogP contribution in [0.1, 0.15) is 18.4 Å². The maximum absolute atomic E-state index is 9.50. The van der Waals surface area contributed by atoms with Gasteiger partial charge in [0, 0.05) is 11.6 Å². The fourth-order valence-corrected chi connectivity index (χ4v) is 2.55. The van der Waals surface area contributed by atoms with Crippen LogP contribution in [0.3, 0.4) is 0 Å². The zero-order chi connectivity index (χ0) is 14.9. The molecule has 0 spiro atoms. The lowest BCUT2D eigenvalue weighted by atomic mass is 9.96. The lowest BCUT2D eigenvalue weighted by Gasteiger charge is -2.14. The number of halogens is 1. The predicted octanol–water partition coefficient (Wildman–Crippen LogP) is 4.35. The van der Waals surface area contributed by atoms with Crippen molar-refractivity contribution < 1.29 is 9.84 Å². The normalized spacial score (nSPS) is 12.1. The van der Waals surface area contributed by atoms with Crippen LogP contribution < -0.4 is 4.74 Å². The van der Waals surface area contributed by atoms with Crippen molar-refractivity contribution in [2.75, 3.05) is 13.2 Å². The smallest absolute Gasteiger partial charge is 0.119 e. The highest BCUT2D eigenvalue weighted by atomic mass is 35.5. The molecule has 0 aliphatic carbocycles. The molecular formula is C18H21ClO2. The molecule has 2 aromatic rings. The second kappa shape index (κ2) is 8.71. The highest BCUT2D eigenvalue weighted by molar-refractivity contribution is 6.30. The van der Waals surface area contributed by atoms with Gasteiger partial charge in [0.2, 0.25) is 0 Å². The van der Waals surface area contributed by atoms with Crippen molar-refractivity contribution in [3.63, 3.8) is 0 Å². The summed E-state index contributed by atoms with van der Waals surface area (Å²) >= 11 is 5.98. The van der Waals surface area contributed by atoms with Gasteiger partial charge in [-0.25, -0.2) is 0 Å². The topological polar surface area (TPSA) is 29.5 Å². The van der Waals surface area contributed by atoms with E-state index in [1.54, 1.807) is 0 Å². The van der Waals surface area contributed by atoms with E-state index in [1.807, 2.05) is 48.5 Å². The zero-order valence-corrected chi connectivity index (χ0v) is 12.8. The molecule has 0 fully saturated rings. The molecule has 0 saturated heterocycles. The summed E-state index contributed by atoms with van der Waals surface area (Å²) in [4.78, 5) is 0. The Labute approximate surface area is 131 Å². The molecule has 1 unspecified atom stereocenters. The summed E-state index contributed by atoms with van der Waals surface area (Å²) in [5.74, 6) is 1.15. The maximum Gasteiger partial charge on any atom is 0.119 e. The molecule has 0 aliphatic heterocycles. The van der Waals surface area contributed by atoms with Gasteiger partial charge in [-0.3, -0.25) is 0 Å². The van der Waals surface area contributed by atoms with Gasteiger partial charge in [-0.15, -0.1) is 0 Å². The number of rotatable bonds is 8. The van der Waals surface area contributed by atoms with E-state index in [1.165, 1.54) is 5.56 Å². The number of aliphatic hydroxyl groups is 1. The van der Waals surface area contributed by atoms with E-state index >= 15 is 0 Å². The summed E-state index contributed by atoms with van der Waals surface area (Å²) in [5, 5.41) is 10.2. The first-order valence-corrected chi connectivity index (χ1v) is 7.69. The Bertz CT molecular complexity index is 528. The quantitative estimate of drug-likeness (QED) is 0.735. The first kappa shape index (κ1) is 15.9. The molecule has 21 heavy (non-hydrogen) atoms. The average molecular weight is 305 g/mol. The molecule has 0 aliphatic rings. The van der Waals surface area contributed by atoms with Crippen LogP contribution in [0.15, 0.2) is 54.6 Å². The van der Waals surface area contributed by atoms with Crippen LogP contribution in [-0.2, 0) is 6.42 Å². The van der Waals surface area contributed by atoms with Crippen molar-refractivity contribution in [2.45, 2.75) is 19.3 Å². The van der Waals surface area contributed by atoms with Crippen molar-refractivity contribution in [3.05, 3.63) is 65.2 Å². The van der Waals surface area contributed by atoms with E-state index < -0.39 is 0 Å². The fraction of sp³-hybridized carbons (Fsp3) is 0.333. The maximum atomic E-state index is 9.50. The lowest BCUT2D eigenvalue weighted by molar-refractivity contribution is 0.205. The Kier molecular flexibility index (Phi) is 6.58. The van der Waals surface area contributed by atoms with Gasteiger partial charge in [0.25, 0.3) is 0 Å². The van der Waals surface area contributed by atoms with Crippen molar-refractivity contribution in [2.24, 2.45) is 5.92 Å². The second-order valence-corrected chi connectivity index (χ2v) is 5.62. The minimum absolute atomic E-state index is 0.192. The van der Waals surface area contributed by atoms with Crippen LogP contribution >= 0.6 is 11.6 Å². The Morgan fingerprint density at radius 3 is 2.57 bits per heavy atom. The summed E-state index contributed by atoms with van der Waals surface area (Å²) in [6.07, 6.45) is 2.72. The van der Waals surface area contributed by atoms with E-state index in [4.69, 9.17) is 16.3 Å².